The summed E-state index contributed by atoms with van der Waals surface area (Å²) < 4.78 is 22.0. The summed E-state index contributed by atoms with van der Waals surface area (Å²) in [5.74, 6) is 0.427. The molecule has 1 unspecified atom stereocenters. The summed E-state index contributed by atoms with van der Waals surface area (Å²) in [5.41, 5.74) is 4.44. The second-order valence-electron chi connectivity index (χ2n) is 7.50. The minimum atomic E-state index is -1.09. The first-order valence-corrected chi connectivity index (χ1v) is 9.83. The summed E-state index contributed by atoms with van der Waals surface area (Å²) in [5, 5.41) is 0. The van der Waals surface area contributed by atoms with Crippen LogP contribution in [-0.4, -0.2) is 40.7 Å². The molecular formula is C24H24FN3O2. The van der Waals surface area contributed by atoms with Crippen LogP contribution in [0.25, 0.3) is 11.8 Å². The van der Waals surface area contributed by atoms with Crippen molar-refractivity contribution in [2.45, 2.75) is 25.6 Å². The molecule has 2 atom stereocenters. The number of imidazole rings is 1. The topological polar surface area (TPSA) is 47.4 Å². The lowest BCUT2D eigenvalue weighted by atomic mass is 10.1. The zero-order valence-electron chi connectivity index (χ0n) is 17.2. The molecule has 1 aliphatic rings. The molecule has 154 valence electrons. The van der Waals surface area contributed by atoms with Crippen LogP contribution in [-0.2, 0) is 11.2 Å². The third kappa shape index (κ3) is 3.73. The molecule has 0 bridgehead atoms. The Kier molecular flexibility index (Phi) is 5.40. The third-order valence-corrected chi connectivity index (χ3v) is 5.51. The number of carbonyl (C=O) groups excluding carboxylic acids is 1. The van der Waals surface area contributed by atoms with Gasteiger partial charge in [0.25, 0.3) is 0 Å². The van der Waals surface area contributed by atoms with Crippen LogP contribution >= 0.6 is 0 Å². The number of alkyl halides is 1. The van der Waals surface area contributed by atoms with Crippen molar-refractivity contribution in [3.05, 3.63) is 83.4 Å². The second kappa shape index (κ2) is 8.14. The molecule has 0 radical (unpaired) electrons. The first kappa shape index (κ1) is 19.9. The van der Waals surface area contributed by atoms with Crippen molar-refractivity contribution in [3.63, 3.8) is 0 Å². The van der Waals surface area contributed by atoms with Gasteiger partial charge in [-0.1, -0.05) is 30.3 Å². The number of fused-ring (bicyclic) bond motifs is 1. The number of benzene rings is 2. The number of carbonyl (C=O) groups is 1. The molecule has 1 aromatic heterocycles. The number of halogens is 1. The fourth-order valence-electron chi connectivity index (χ4n) is 3.96. The normalized spacial score (nSPS) is 17.9. The summed E-state index contributed by atoms with van der Waals surface area (Å²) in [6, 6.07) is 12.7. The molecule has 1 aliphatic carbocycles. The number of rotatable bonds is 5. The number of amides is 1. The van der Waals surface area contributed by atoms with E-state index in [1.807, 2.05) is 60.2 Å². The number of aromatic nitrogens is 2. The number of hydrogen-bond donors (Lipinski definition) is 0. The summed E-state index contributed by atoms with van der Waals surface area (Å²) in [7, 11) is 3.26. The smallest absolute Gasteiger partial charge is 0.246 e. The largest absolute Gasteiger partial charge is 0.495 e. The number of likely N-dealkylation sites (N-methyl/N-ethyl adjacent to an activating group) is 1. The molecule has 0 aliphatic heterocycles. The molecule has 4 rings (SSSR count). The minimum Gasteiger partial charge on any atom is -0.495 e. The van der Waals surface area contributed by atoms with Gasteiger partial charge in [0.05, 0.1) is 30.9 Å². The van der Waals surface area contributed by atoms with E-state index in [4.69, 9.17) is 4.74 Å². The van der Waals surface area contributed by atoms with E-state index < -0.39 is 12.2 Å². The Morgan fingerprint density at radius 2 is 2.10 bits per heavy atom. The maximum absolute atomic E-state index is 14.6. The van der Waals surface area contributed by atoms with E-state index in [-0.39, 0.29) is 5.91 Å². The molecule has 30 heavy (non-hydrogen) atoms. The highest BCUT2D eigenvalue weighted by Gasteiger charge is 2.36. The number of nitrogens with zero attached hydrogens (tertiary/aromatic N) is 3. The molecule has 1 heterocycles. The van der Waals surface area contributed by atoms with Gasteiger partial charge in [0.1, 0.15) is 11.9 Å². The van der Waals surface area contributed by atoms with E-state index in [0.717, 1.165) is 28.1 Å². The molecule has 0 spiro atoms. The van der Waals surface area contributed by atoms with Crippen LogP contribution in [0.3, 0.4) is 0 Å². The molecule has 6 heteroatoms. The highest BCUT2D eigenvalue weighted by molar-refractivity contribution is 5.92. The molecule has 5 nitrogen and oxygen atoms in total. The molecular weight excluding hydrogens is 381 g/mol. The number of aryl methyl sites for hydroxylation is 1. The Hall–Kier alpha value is -3.41. The lowest BCUT2D eigenvalue weighted by molar-refractivity contribution is -0.127. The van der Waals surface area contributed by atoms with Crippen LogP contribution in [0, 0.1) is 6.92 Å². The van der Waals surface area contributed by atoms with Gasteiger partial charge in [-0.05, 0) is 41.8 Å². The predicted molar refractivity (Wildman–Crippen MR) is 114 cm³/mol. The molecule has 2 aromatic carbocycles. The molecule has 0 fully saturated rings. The van der Waals surface area contributed by atoms with Crippen LogP contribution in [0.4, 0.5) is 4.39 Å². The fraction of sp³-hybridized carbons (Fsp3) is 0.250. The lowest BCUT2D eigenvalue weighted by Gasteiger charge is -2.26. The molecule has 0 saturated heterocycles. The van der Waals surface area contributed by atoms with Gasteiger partial charge in [-0.15, -0.1) is 0 Å². The fourth-order valence-corrected chi connectivity index (χ4v) is 3.96. The van der Waals surface area contributed by atoms with Crippen molar-refractivity contribution in [1.29, 1.82) is 0 Å². The maximum atomic E-state index is 14.6. The van der Waals surface area contributed by atoms with Crippen molar-refractivity contribution in [3.8, 4) is 11.4 Å². The van der Waals surface area contributed by atoms with Gasteiger partial charge in [-0.2, -0.15) is 0 Å². The lowest BCUT2D eigenvalue weighted by Crippen LogP contribution is -2.33. The highest BCUT2D eigenvalue weighted by atomic mass is 19.1. The van der Waals surface area contributed by atoms with E-state index in [2.05, 4.69) is 4.98 Å². The summed E-state index contributed by atoms with van der Waals surface area (Å²) in [4.78, 5) is 18.5. The standard InChI is InChI=1S/C24H24FN3O2/c1-16-14-28(15-26-16)21-10-8-17(12-22(21)30-3)9-11-23(29)27(2)24-19-7-5-4-6-18(19)13-20(24)25/h4-12,14-15,20,24H,13H2,1-3H3/t20-,24?/m0/s1. The van der Waals surface area contributed by atoms with Gasteiger partial charge in [0.2, 0.25) is 5.91 Å². The Morgan fingerprint density at radius 3 is 2.83 bits per heavy atom. The van der Waals surface area contributed by atoms with E-state index in [0.29, 0.717) is 12.2 Å². The zero-order chi connectivity index (χ0) is 21.3. The maximum Gasteiger partial charge on any atom is 0.246 e. The predicted octanol–water partition coefficient (Wildman–Crippen LogP) is 4.30. The SMILES string of the molecule is COc1cc(C=CC(=O)N(C)C2c3ccccc3C[C@@H]2F)ccc1-n1cnc(C)c1. The van der Waals surface area contributed by atoms with Crippen LogP contribution in [0.2, 0.25) is 0 Å². The van der Waals surface area contributed by atoms with Gasteiger partial charge in [-0.3, -0.25) is 4.79 Å². The molecule has 0 N–H and O–H groups in total. The summed E-state index contributed by atoms with van der Waals surface area (Å²) in [6.07, 6.45) is 6.09. The Morgan fingerprint density at radius 1 is 1.30 bits per heavy atom. The van der Waals surface area contributed by atoms with Gasteiger partial charge in [0.15, 0.2) is 0 Å². The minimum absolute atomic E-state index is 0.243. The second-order valence-corrected chi connectivity index (χ2v) is 7.50. The monoisotopic (exact) mass is 405 g/mol. The number of ether oxygens (including phenoxy) is 1. The van der Waals surface area contributed by atoms with Crippen LogP contribution in [0.15, 0.2) is 61.1 Å². The van der Waals surface area contributed by atoms with Crippen LogP contribution < -0.4 is 4.74 Å². The van der Waals surface area contributed by atoms with E-state index in [1.165, 1.54) is 11.0 Å². The van der Waals surface area contributed by atoms with Crippen LogP contribution in [0.5, 0.6) is 5.75 Å². The first-order chi connectivity index (χ1) is 14.5. The molecule has 3 aromatic rings. The van der Waals surface area contributed by atoms with Gasteiger partial charge in [-0.25, -0.2) is 9.37 Å². The van der Waals surface area contributed by atoms with Crippen molar-refractivity contribution in [1.82, 2.24) is 14.5 Å². The molecule has 0 saturated carbocycles. The number of methoxy groups -OCH3 is 1. The number of hydrogen-bond acceptors (Lipinski definition) is 3. The third-order valence-electron chi connectivity index (χ3n) is 5.51. The van der Waals surface area contributed by atoms with Gasteiger partial charge in [0, 0.05) is 25.7 Å². The van der Waals surface area contributed by atoms with E-state index in [9.17, 15) is 9.18 Å². The van der Waals surface area contributed by atoms with Crippen molar-refractivity contribution in [2.24, 2.45) is 0 Å². The van der Waals surface area contributed by atoms with Crippen LogP contribution in [0.1, 0.15) is 28.4 Å². The van der Waals surface area contributed by atoms with Crippen molar-refractivity contribution in [2.75, 3.05) is 14.2 Å². The summed E-state index contributed by atoms with van der Waals surface area (Å²) >= 11 is 0. The molecule has 1 amide bonds. The van der Waals surface area contributed by atoms with E-state index >= 15 is 0 Å². The van der Waals surface area contributed by atoms with Gasteiger partial charge >= 0.3 is 0 Å². The first-order valence-electron chi connectivity index (χ1n) is 9.83. The Labute approximate surface area is 175 Å². The quantitative estimate of drug-likeness (QED) is 0.595. The van der Waals surface area contributed by atoms with E-state index in [1.54, 1.807) is 26.6 Å². The average Bonchev–Trinajstić information content (AvgIpc) is 3.33. The zero-order valence-corrected chi connectivity index (χ0v) is 17.2. The van der Waals surface area contributed by atoms with Gasteiger partial charge < -0.3 is 14.2 Å². The van der Waals surface area contributed by atoms with Crippen molar-refractivity contribution < 1.29 is 13.9 Å². The summed E-state index contributed by atoms with van der Waals surface area (Å²) in [6.45, 7) is 1.92. The Balaban J connectivity index is 1.53. The highest BCUT2D eigenvalue weighted by Crippen LogP contribution is 2.37. The Bertz CT molecular complexity index is 1110. The van der Waals surface area contributed by atoms with Crippen molar-refractivity contribution >= 4 is 12.0 Å². The average molecular weight is 405 g/mol.